The zero-order chi connectivity index (χ0) is 21.3. The first-order chi connectivity index (χ1) is 14.3. The Morgan fingerprint density at radius 3 is 2.63 bits per heavy atom. The molecule has 0 saturated heterocycles. The highest BCUT2D eigenvalue weighted by molar-refractivity contribution is 8.00. The lowest BCUT2D eigenvalue weighted by molar-refractivity contribution is -0.115. The Labute approximate surface area is 182 Å². The minimum Gasteiger partial charge on any atom is -0.325 e. The summed E-state index contributed by atoms with van der Waals surface area (Å²) in [6.45, 7) is 1.81. The van der Waals surface area contributed by atoms with E-state index in [-0.39, 0.29) is 10.8 Å². The molecule has 1 aliphatic carbocycles. The number of sulfonamides is 1. The zero-order valence-electron chi connectivity index (χ0n) is 16.2. The predicted molar refractivity (Wildman–Crippen MR) is 117 cm³/mol. The number of amides is 1. The maximum atomic E-state index is 12.6. The van der Waals surface area contributed by atoms with Gasteiger partial charge >= 0.3 is 0 Å². The molecule has 4 rings (SSSR count). The lowest BCUT2D eigenvalue weighted by Gasteiger charge is -2.13. The van der Waals surface area contributed by atoms with E-state index in [1.54, 1.807) is 11.3 Å². The second-order valence-electron chi connectivity index (χ2n) is 7.07. The van der Waals surface area contributed by atoms with Crippen molar-refractivity contribution >= 4 is 44.7 Å². The van der Waals surface area contributed by atoms with Gasteiger partial charge in [-0.25, -0.2) is 13.6 Å². The minimum absolute atomic E-state index is 0.00118. The van der Waals surface area contributed by atoms with Crippen molar-refractivity contribution in [1.29, 1.82) is 0 Å². The number of thiophene rings is 1. The highest BCUT2D eigenvalue weighted by Gasteiger charge is 2.31. The fraction of sp³-hybridized carbons (Fsp3) is 0.316. The molecule has 1 amide bonds. The van der Waals surface area contributed by atoms with Crippen molar-refractivity contribution in [2.45, 2.75) is 47.5 Å². The number of carbonyl (C=O) groups excluding carboxylic acids is 1. The molecule has 0 radical (unpaired) electrons. The summed E-state index contributed by atoms with van der Waals surface area (Å²) >= 11 is 3.06. The van der Waals surface area contributed by atoms with E-state index in [2.05, 4.69) is 26.1 Å². The third kappa shape index (κ3) is 4.91. The molecule has 0 unspecified atom stereocenters. The second-order valence-corrected chi connectivity index (χ2v) is 11.0. The summed E-state index contributed by atoms with van der Waals surface area (Å²) in [6, 6.07) is 10.3. The first-order valence-electron chi connectivity index (χ1n) is 9.38. The topological polar surface area (TPSA) is 120 Å². The molecule has 1 atom stereocenters. The van der Waals surface area contributed by atoms with E-state index in [9.17, 15) is 13.2 Å². The monoisotopic (exact) mass is 463 g/mol. The van der Waals surface area contributed by atoms with Gasteiger partial charge in [-0.1, -0.05) is 17.8 Å². The molecule has 1 aliphatic rings. The van der Waals surface area contributed by atoms with Crippen molar-refractivity contribution < 1.29 is 13.2 Å². The summed E-state index contributed by atoms with van der Waals surface area (Å²) in [4.78, 5) is 13.9. The summed E-state index contributed by atoms with van der Waals surface area (Å²) in [5.74, 6) is 0.724. The van der Waals surface area contributed by atoms with Crippen molar-refractivity contribution in [2.24, 2.45) is 5.14 Å². The lowest BCUT2D eigenvalue weighted by atomic mass is 10.3. The number of hydrogen-bond acceptors (Lipinski definition) is 7. The van der Waals surface area contributed by atoms with Gasteiger partial charge in [0.25, 0.3) is 0 Å². The summed E-state index contributed by atoms with van der Waals surface area (Å²) in [5.41, 5.74) is 0.502. The van der Waals surface area contributed by atoms with Crippen LogP contribution in [0.2, 0.25) is 0 Å². The van der Waals surface area contributed by atoms with Gasteiger partial charge in [-0.05, 0) is 55.5 Å². The molecule has 0 bridgehead atoms. The van der Waals surface area contributed by atoms with Crippen LogP contribution in [0.4, 0.5) is 5.69 Å². The molecule has 0 aliphatic heterocycles. The second kappa shape index (κ2) is 8.50. The molecule has 1 aromatic carbocycles. The van der Waals surface area contributed by atoms with E-state index >= 15 is 0 Å². The zero-order valence-corrected chi connectivity index (χ0v) is 18.6. The maximum Gasteiger partial charge on any atom is 0.238 e. The number of nitrogens with zero attached hydrogens (tertiary/aromatic N) is 3. The van der Waals surface area contributed by atoms with Crippen molar-refractivity contribution in [3.05, 3.63) is 52.5 Å². The number of benzene rings is 1. The Hall–Kier alpha value is -2.21. The van der Waals surface area contributed by atoms with Gasteiger partial charge in [0, 0.05) is 23.0 Å². The molecule has 158 valence electrons. The van der Waals surface area contributed by atoms with Crippen LogP contribution < -0.4 is 10.5 Å². The van der Waals surface area contributed by atoms with Crippen molar-refractivity contribution in [3.63, 3.8) is 0 Å². The molecule has 11 heteroatoms. The molecular weight excluding hydrogens is 442 g/mol. The summed E-state index contributed by atoms with van der Waals surface area (Å²) < 4.78 is 24.9. The van der Waals surface area contributed by atoms with Gasteiger partial charge in [0.2, 0.25) is 15.9 Å². The largest absolute Gasteiger partial charge is 0.325 e. The van der Waals surface area contributed by atoms with E-state index in [1.807, 2.05) is 18.4 Å². The van der Waals surface area contributed by atoms with E-state index in [4.69, 9.17) is 5.14 Å². The predicted octanol–water partition coefficient (Wildman–Crippen LogP) is 3.03. The highest BCUT2D eigenvalue weighted by atomic mass is 32.2. The van der Waals surface area contributed by atoms with Gasteiger partial charge in [0.15, 0.2) is 5.16 Å². The van der Waals surface area contributed by atoms with Crippen LogP contribution in [0.5, 0.6) is 0 Å². The Kier molecular flexibility index (Phi) is 5.96. The third-order valence-corrected chi connectivity index (χ3v) is 7.52. The van der Waals surface area contributed by atoms with Crippen LogP contribution in [-0.2, 0) is 21.2 Å². The molecule has 3 N–H and O–H groups in total. The standard InChI is InChI=1S/C19H21N5O3S3/c1-12(18(25)21-13-4-8-16(9-5-13)30(20,26)27)29-19-23-22-17(24(19)14-6-7-14)11-15-3-2-10-28-15/h2-5,8-10,12,14H,6-7,11H2,1H3,(H,21,25)(H2,20,26,27)/t12-/m0/s1. The molecule has 3 aromatic rings. The van der Waals surface area contributed by atoms with Crippen LogP contribution in [0.3, 0.4) is 0 Å². The lowest BCUT2D eigenvalue weighted by Crippen LogP contribution is -2.23. The number of aromatic nitrogens is 3. The number of rotatable bonds is 8. The first-order valence-corrected chi connectivity index (χ1v) is 12.7. The molecule has 1 saturated carbocycles. The van der Waals surface area contributed by atoms with Crippen LogP contribution in [-0.4, -0.2) is 34.3 Å². The Balaban J connectivity index is 1.44. The fourth-order valence-corrected chi connectivity index (χ4v) is 5.12. The van der Waals surface area contributed by atoms with Crippen LogP contribution in [0.15, 0.2) is 51.8 Å². The smallest absolute Gasteiger partial charge is 0.238 e. The summed E-state index contributed by atoms with van der Waals surface area (Å²) in [6.07, 6.45) is 2.93. The van der Waals surface area contributed by atoms with Crippen LogP contribution in [0.1, 0.15) is 36.5 Å². The molecule has 2 heterocycles. The number of anilines is 1. The SMILES string of the molecule is C[C@H](Sc1nnc(Cc2cccs2)n1C1CC1)C(=O)Nc1ccc(S(N)(=O)=O)cc1. The summed E-state index contributed by atoms with van der Waals surface area (Å²) in [5, 5.41) is 19.0. The van der Waals surface area contributed by atoms with Gasteiger partial charge in [-0.3, -0.25) is 4.79 Å². The molecule has 30 heavy (non-hydrogen) atoms. The fourth-order valence-electron chi connectivity index (χ4n) is 2.96. The van der Waals surface area contributed by atoms with Gasteiger partial charge in [0.05, 0.1) is 10.1 Å². The van der Waals surface area contributed by atoms with Crippen molar-refractivity contribution in [3.8, 4) is 0 Å². The Morgan fingerprint density at radius 2 is 2.03 bits per heavy atom. The number of hydrogen-bond donors (Lipinski definition) is 2. The average Bonchev–Trinajstić information content (AvgIpc) is 3.25. The summed E-state index contributed by atoms with van der Waals surface area (Å²) in [7, 11) is -3.76. The van der Waals surface area contributed by atoms with Gasteiger partial charge < -0.3 is 9.88 Å². The third-order valence-electron chi connectivity index (χ3n) is 4.66. The van der Waals surface area contributed by atoms with Crippen molar-refractivity contribution in [2.75, 3.05) is 5.32 Å². The van der Waals surface area contributed by atoms with Crippen LogP contribution in [0, 0.1) is 0 Å². The molecule has 8 nitrogen and oxygen atoms in total. The molecular formula is C19H21N5O3S3. The van der Waals surface area contributed by atoms with Gasteiger partial charge in [-0.15, -0.1) is 21.5 Å². The molecule has 1 fully saturated rings. The van der Waals surface area contributed by atoms with E-state index < -0.39 is 15.3 Å². The molecule has 2 aromatic heterocycles. The van der Waals surface area contributed by atoms with Crippen LogP contribution >= 0.6 is 23.1 Å². The number of primary sulfonamides is 1. The van der Waals surface area contributed by atoms with E-state index in [0.717, 1.165) is 30.2 Å². The number of nitrogens with two attached hydrogens (primary N) is 1. The number of nitrogens with one attached hydrogen (secondary N) is 1. The highest BCUT2D eigenvalue weighted by Crippen LogP contribution is 2.40. The van der Waals surface area contributed by atoms with E-state index in [1.165, 1.54) is 40.9 Å². The van der Waals surface area contributed by atoms with Gasteiger partial charge in [-0.2, -0.15) is 0 Å². The quantitative estimate of drug-likeness (QED) is 0.496. The van der Waals surface area contributed by atoms with Crippen LogP contribution in [0.25, 0.3) is 0 Å². The number of thioether (sulfide) groups is 1. The molecule has 0 spiro atoms. The average molecular weight is 464 g/mol. The van der Waals surface area contributed by atoms with Gasteiger partial charge in [0.1, 0.15) is 5.82 Å². The number of carbonyl (C=O) groups is 1. The Bertz CT molecular complexity index is 1140. The maximum absolute atomic E-state index is 12.6. The van der Waals surface area contributed by atoms with Crippen molar-refractivity contribution in [1.82, 2.24) is 14.8 Å². The normalized spacial score (nSPS) is 15.1. The Morgan fingerprint density at radius 1 is 1.30 bits per heavy atom. The minimum atomic E-state index is -3.76. The van der Waals surface area contributed by atoms with E-state index in [0.29, 0.717) is 11.7 Å². The first kappa shape index (κ1) is 21.0.